The molecule has 1 rings (SSSR count). The molecule has 1 aliphatic carbocycles. The van der Waals surface area contributed by atoms with Crippen molar-refractivity contribution in [3.8, 4) is 0 Å². The Kier molecular flexibility index (Phi) is 3.85. The molecule has 0 saturated carbocycles. The lowest BCUT2D eigenvalue weighted by molar-refractivity contribution is 0.0901. The van der Waals surface area contributed by atoms with Gasteiger partial charge in [0.25, 0.3) is 0 Å². The third-order valence-electron chi connectivity index (χ3n) is 1.96. The second-order valence-corrected chi connectivity index (χ2v) is 5.54. The van der Waals surface area contributed by atoms with Gasteiger partial charge in [-0.2, -0.15) is 0 Å². The minimum atomic E-state index is -1.78. The molecule has 1 atom stereocenters. The Morgan fingerprint density at radius 3 is 2.71 bits per heavy atom. The Bertz CT molecular complexity index is 279. The van der Waals surface area contributed by atoms with E-state index >= 15 is 0 Å². The third-order valence-corrected chi connectivity index (χ3v) is 3.26. The second kappa shape index (κ2) is 4.72. The molecule has 78 valence electrons. The fourth-order valence-electron chi connectivity index (χ4n) is 1.24. The molecule has 1 unspecified atom stereocenters. The van der Waals surface area contributed by atoms with Crippen LogP contribution in [0.3, 0.4) is 0 Å². The van der Waals surface area contributed by atoms with Gasteiger partial charge in [0.2, 0.25) is 0 Å². The Morgan fingerprint density at radius 1 is 1.50 bits per heavy atom. The standard InChI is InChI=1S/C10H16O3P/c1-10(2,14(11)12-3)13-9-7-5-4-6-8-9/h4-5,7H,6,8H2,1-3H3/q+1. The van der Waals surface area contributed by atoms with Crippen molar-refractivity contribution in [1.29, 1.82) is 0 Å². The van der Waals surface area contributed by atoms with Crippen LogP contribution in [0.2, 0.25) is 0 Å². The van der Waals surface area contributed by atoms with Gasteiger partial charge in [0.15, 0.2) is 0 Å². The molecule has 14 heavy (non-hydrogen) atoms. The first-order valence-corrected chi connectivity index (χ1v) is 5.80. The maximum atomic E-state index is 11.5. The van der Waals surface area contributed by atoms with Gasteiger partial charge in [-0.3, -0.25) is 0 Å². The highest BCUT2D eigenvalue weighted by molar-refractivity contribution is 7.40. The fraction of sp³-hybridized carbons (Fsp3) is 0.600. The predicted molar refractivity (Wildman–Crippen MR) is 56.2 cm³/mol. The molecule has 4 heteroatoms. The molecular formula is C10H16O3P+. The second-order valence-electron chi connectivity index (χ2n) is 3.59. The van der Waals surface area contributed by atoms with Gasteiger partial charge in [0, 0.05) is 20.3 Å². The van der Waals surface area contributed by atoms with E-state index in [1.165, 1.54) is 7.11 Å². The first-order valence-electron chi connectivity index (χ1n) is 4.62. The molecule has 0 saturated heterocycles. The normalized spacial score (nSPS) is 17.6. The van der Waals surface area contributed by atoms with Crippen molar-refractivity contribution < 1.29 is 13.8 Å². The molecule has 0 heterocycles. The van der Waals surface area contributed by atoms with Crippen LogP contribution in [-0.4, -0.2) is 12.5 Å². The summed E-state index contributed by atoms with van der Waals surface area (Å²) in [6.45, 7) is 3.54. The maximum Gasteiger partial charge on any atom is 0.555 e. The summed E-state index contributed by atoms with van der Waals surface area (Å²) in [6, 6.07) is 0. The molecule has 1 aliphatic rings. The SMILES string of the molecule is CO[P+](=O)C(C)(C)OC1=CC=CCC1. The van der Waals surface area contributed by atoms with Crippen molar-refractivity contribution in [3.63, 3.8) is 0 Å². The zero-order valence-corrected chi connectivity index (χ0v) is 9.71. The van der Waals surface area contributed by atoms with Gasteiger partial charge in [-0.05, 0) is 17.1 Å². The average molecular weight is 215 g/mol. The zero-order chi connectivity index (χ0) is 10.6. The number of rotatable bonds is 4. The quantitative estimate of drug-likeness (QED) is 0.674. The Balaban J connectivity index is 2.62. The van der Waals surface area contributed by atoms with Crippen molar-refractivity contribution in [2.24, 2.45) is 0 Å². The van der Waals surface area contributed by atoms with Gasteiger partial charge < -0.3 is 4.74 Å². The monoisotopic (exact) mass is 215 g/mol. The smallest absolute Gasteiger partial charge is 0.447 e. The first kappa shape index (κ1) is 11.4. The highest BCUT2D eigenvalue weighted by atomic mass is 31.1. The number of hydrogen-bond donors (Lipinski definition) is 0. The number of hydrogen-bond acceptors (Lipinski definition) is 3. The van der Waals surface area contributed by atoms with E-state index in [0.717, 1.165) is 18.6 Å². The maximum absolute atomic E-state index is 11.5. The minimum Gasteiger partial charge on any atom is -0.447 e. The van der Waals surface area contributed by atoms with Crippen molar-refractivity contribution in [2.75, 3.05) is 7.11 Å². The summed E-state index contributed by atoms with van der Waals surface area (Å²) >= 11 is 0. The van der Waals surface area contributed by atoms with Gasteiger partial charge in [0.1, 0.15) is 5.76 Å². The van der Waals surface area contributed by atoms with Crippen LogP contribution in [0.5, 0.6) is 0 Å². The molecule has 0 spiro atoms. The molecule has 3 nitrogen and oxygen atoms in total. The van der Waals surface area contributed by atoms with Crippen LogP contribution in [-0.2, 0) is 13.8 Å². The van der Waals surface area contributed by atoms with E-state index in [-0.39, 0.29) is 0 Å². The summed E-state index contributed by atoms with van der Waals surface area (Å²) in [6.07, 6.45) is 7.79. The van der Waals surface area contributed by atoms with Crippen molar-refractivity contribution in [3.05, 3.63) is 24.0 Å². The molecule has 0 fully saturated rings. The van der Waals surface area contributed by atoms with E-state index in [0.29, 0.717) is 0 Å². The van der Waals surface area contributed by atoms with E-state index in [1.807, 2.05) is 12.2 Å². The topological polar surface area (TPSA) is 35.5 Å². The molecule has 0 radical (unpaired) electrons. The van der Waals surface area contributed by atoms with Gasteiger partial charge in [-0.1, -0.05) is 12.2 Å². The molecule has 0 amide bonds. The molecule has 0 aromatic rings. The van der Waals surface area contributed by atoms with Crippen LogP contribution < -0.4 is 0 Å². The van der Waals surface area contributed by atoms with Gasteiger partial charge in [-0.15, -0.1) is 4.52 Å². The van der Waals surface area contributed by atoms with E-state index in [9.17, 15) is 4.57 Å². The van der Waals surface area contributed by atoms with E-state index in [4.69, 9.17) is 9.26 Å². The minimum absolute atomic E-state index is 0.749. The van der Waals surface area contributed by atoms with Crippen molar-refractivity contribution >= 4 is 8.03 Å². The van der Waals surface area contributed by atoms with Crippen LogP contribution in [0.4, 0.5) is 0 Å². The van der Waals surface area contributed by atoms with Crippen LogP contribution in [0.1, 0.15) is 26.7 Å². The molecule has 0 N–H and O–H groups in total. The molecule has 0 bridgehead atoms. The lowest BCUT2D eigenvalue weighted by Crippen LogP contribution is -2.20. The molecule has 0 aromatic carbocycles. The summed E-state index contributed by atoms with van der Waals surface area (Å²) < 4.78 is 21.9. The Morgan fingerprint density at radius 2 is 2.21 bits per heavy atom. The lowest BCUT2D eigenvalue weighted by atomic mass is 10.2. The molecule has 0 aliphatic heterocycles. The van der Waals surface area contributed by atoms with Crippen LogP contribution in [0.15, 0.2) is 24.0 Å². The largest absolute Gasteiger partial charge is 0.555 e. The summed E-state index contributed by atoms with van der Waals surface area (Å²) in [7, 11) is -0.354. The summed E-state index contributed by atoms with van der Waals surface area (Å²) in [4.78, 5) is 0. The van der Waals surface area contributed by atoms with Crippen LogP contribution >= 0.6 is 8.03 Å². The first-order chi connectivity index (χ1) is 6.56. The summed E-state index contributed by atoms with van der Waals surface area (Å²) in [5.74, 6) is 0.873. The zero-order valence-electron chi connectivity index (χ0n) is 8.82. The summed E-state index contributed by atoms with van der Waals surface area (Å²) in [5, 5.41) is -0.749. The Labute approximate surface area is 85.7 Å². The van der Waals surface area contributed by atoms with Gasteiger partial charge in [-0.25, -0.2) is 0 Å². The fourth-order valence-corrected chi connectivity index (χ4v) is 1.87. The molecular weight excluding hydrogens is 199 g/mol. The van der Waals surface area contributed by atoms with E-state index in [1.54, 1.807) is 13.8 Å². The van der Waals surface area contributed by atoms with Crippen molar-refractivity contribution in [2.45, 2.75) is 32.0 Å². The highest BCUT2D eigenvalue weighted by Crippen LogP contribution is 2.41. The number of allylic oxidation sites excluding steroid dienone is 4. The average Bonchev–Trinajstić information content (AvgIpc) is 2.17. The van der Waals surface area contributed by atoms with Gasteiger partial charge in [0.05, 0.1) is 7.11 Å². The summed E-state index contributed by atoms with van der Waals surface area (Å²) in [5.41, 5.74) is 0. The Hall–Kier alpha value is -0.660. The van der Waals surface area contributed by atoms with Crippen molar-refractivity contribution in [1.82, 2.24) is 0 Å². The highest BCUT2D eigenvalue weighted by Gasteiger charge is 2.44. The predicted octanol–water partition coefficient (Wildman–Crippen LogP) is 3.36. The van der Waals surface area contributed by atoms with Gasteiger partial charge >= 0.3 is 13.4 Å². The van der Waals surface area contributed by atoms with Crippen LogP contribution in [0, 0.1) is 0 Å². The third kappa shape index (κ3) is 2.93. The van der Waals surface area contributed by atoms with Crippen LogP contribution in [0.25, 0.3) is 0 Å². The lowest BCUT2D eigenvalue weighted by Gasteiger charge is -2.18. The van der Waals surface area contributed by atoms with E-state index in [2.05, 4.69) is 6.08 Å². The number of ether oxygens (including phenoxy) is 1. The molecule has 0 aromatic heterocycles. The van der Waals surface area contributed by atoms with E-state index < -0.39 is 13.4 Å².